The van der Waals surface area contributed by atoms with Crippen LogP contribution >= 0.6 is 11.6 Å². The summed E-state index contributed by atoms with van der Waals surface area (Å²) in [4.78, 5) is 33.9. The lowest BCUT2D eigenvalue weighted by Gasteiger charge is -2.30. The number of hydrogen-bond acceptors (Lipinski definition) is 7. The van der Waals surface area contributed by atoms with Gasteiger partial charge in [0.25, 0.3) is 11.7 Å². The van der Waals surface area contributed by atoms with Gasteiger partial charge >= 0.3 is 0 Å². The van der Waals surface area contributed by atoms with Crippen LogP contribution in [0.3, 0.4) is 0 Å². The number of morpholine rings is 1. The maximum atomic E-state index is 13.1. The van der Waals surface area contributed by atoms with Crippen LogP contribution in [0.2, 0.25) is 5.02 Å². The van der Waals surface area contributed by atoms with Crippen molar-refractivity contribution in [1.82, 2.24) is 14.8 Å². The number of aliphatic hydroxyl groups is 1. The van der Waals surface area contributed by atoms with Gasteiger partial charge in [0.1, 0.15) is 11.5 Å². The van der Waals surface area contributed by atoms with E-state index in [0.717, 1.165) is 13.1 Å². The molecule has 9 heteroatoms. The first kappa shape index (κ1) is 22.3. The topological polar surface area (TPSA) is 92.2 Å². The number of nitrogens with zero attached hydrogens (tertiary/aromatic N) is 3. The average molecular weight is 458 g/mol. The van der Waals surface area contributed by atoms with Crippen molar-refractivity contribution in [3.63, 3.8) is 0 Å². The van der Waals surface area contributed by atoms with E-state index in [1.54, 1.807) is 36.7 Å². The van der Waals surface area contributed by atoms with Crippen molar-refractivity contribution in [2.45, 2.75) is 6.04 Å². The van der Waals surface area contributed by atoms with Crippen molar-refractivity contribution in [3.8, 4) is 5.75 Å². The maximum absolute atomic E-state index is 13.1. The number of rotatable bonds is 6. The van der Waals surface area contributed by atoms with E-state index in [4.69, 9.17) is 21.1 Å². The fourth-order valence-electron chi connectivity index (χ4n) is 4.04. The molecule has 168 valence electrons. The number of Topliss-reactive ketones (excluding diaryl/α,β-unsaturated/α-hetero) is 1. The number of pyridine rings is 1. The molecule has 0 spiro atoms. The molecule has 0 aliphatic carbocycles. The van der Waals surface area contributed by atoms with Crippen LogP contribution in [0, 0.1) is 0 Å². The molecular weight excluding hydrogens is 434 g/mol. The molecule has 1 atom stereocenters. The number of methoxy groups -OCH3 is 1. The number of hydrogen-bond donors (Lipinski definition) is 1. The molecular formula is C23H24ClN3O5. The second kappa shape index (κ2) is 9.68. The summed E-state index contributed by atoms with van der Waals surface area (Å²) in [5.74, 6) is -1.22. The fraction of sp³-hybridized carbons (Fsp3) is 0.348. The first-order valence-electron chi connectivity index (χ1n) is 10.3. The molecule has 1 aromatic heterocycles. The molecule has 2 fully saturated rings. The van der Waals surface area contributed by atoms with E-state index in [1.165, 1.54) is 18.1 Å². The number of likely N-dealkylation sites (tertiary alicyclic amines) is 1. The highest BCUT2D eigenvalue weighted by molar-refractivity contribution is 6.46. The van der Waals surface area contributed by atoms with Gasteiger partial charge in [0.05, 0.1) is 37.0 Å². The Balaban J connectivity index is 1.72. The van der Waals surface area contributed by atoms with Crippen molar-refractivity contribution in [3.05, 3.63) is 64.4 Å². The van der Waals surface area contributed by atoms with Crippen LogP contribution < -0.4 is 4.74 Å². The zero-order chi connectivity index (χ0) is 22.7. The summed E-state index contributed by atoms with van der Waals surface area (Å²) in [5, 5.41) is 11.4. The minimum absolute atomic E-state index is 0.0196. The Morgan fingerprint density at radius 3 is 2.69 bits per heavy atom. The van der Waals surface area contributed by atoms with E-state index in [9.17, 15) is 14.7 Å². The Morgan fingerprint density at radius 2 is 2.03 bits per heavy atom. The zero-order valence-corrected chi connectivity index (χ0v) is 18.4. The number of ether oxygens (including phenoxy) is 2. The summed E-state index contributed by atoms with van der Waals surface area (Å²) >= 11 is 6.22. The highest BCUT2D eigenvalue weighted by atomic mass is 35.5. The lowest BCUT2D eigenvalue weighted by Crippen LogP contribution is -2.42. The summed E-state index contributed by atoms with van der Waals surface area (Å²) in [5.41, 5.74) is 0.997. The van der Waals surface area contributed by atoms with Crippen LogP contribution in [-0.4, -0.2) is 78.1 Å². The maximum Gasteiger partial charge on any atom is 0.295 e. The quantitative estimate of drug-likeness (QED) is 0.404. The summed E-state index contributed by atoms with van der Waals surface area (Å²) in [7, 11) is 1.49. The molecule has 1 unspecified atom stereocenters. The van der Waals surface area contributed by atoms with E-state index < -0.39 is 17.7 Å². The lowest BCUT2D eigenvalue weighted by atomic mass is 9.96. The Labute approximate surface area is 191 Å². The number of carbonyl (C=O) groups excluding carboxylic acids is 2. The van der Waals surface area contributed by atoms with Crippen molar-refractivity contribution in [2.75, 3.05) is 46.5 Å². The van der Waals surface area contributed by atoms with Gasteiger partial charge in [-0.25, -0.2) is 0 Å². The van der Waals surface area contributed by atoms with Crippen LogP contribution in [0.15, 0.2) is 48.3 Å². The van der Waals surface area contributed by atoms with Crippen LogP contribution in [0.25, 0.3) is 5.76 Å². The molecule has 1 amide bonds. The minimum Gasteiger partial charge on any atom is -0.507 e. The normalized spacial score (nSPS) is 21.2. The standard InChI is InChI=1S/C23H24ClN3O5/c1-31-18-5-4-15(13-17(18)24)21(28)19-20(16-3-2-6-25-14-16)27(23(30)22(19)29)8-7-26-9-11-32-12-10-26/h2-6,13-14,20,28H,7-12H2,1H3/b21-19+. The van der Waals surface area contributed by atoms with Gasteiger partial charge in [-0.1, -0.05) is 17.7 Å². The third-order valence-electron chi connectivity index (χ3n) is 5.73. The highest BCUT2D eigenvalue weighted by Crippen LogP contribution is 2.39. The second-order valence-corrected chi connectivity index (χ2v) is 7.99. The van der Waals surface area contributed by atoms with E-state index in [1.807, 2.05) is 0 Å². The highest BCUT2D eigenvalue weighted by Gasteiger charge is 2.46. The minimum atomic E-state index is -0.745. The fourth-order valence-corrected chi connectivity index (χ4v) is 4.30. The van der Waals surface area contributed by atoms with E-state index in [2.05, 4.69) is 9.88 Å². The predicted octanol–water partition coefficient (Wildman–Crippen LogP) is 2.50. The molecule has 2 saturated heterocycles. The third kappa shape index (κ3) is 4.34. The molecule has 3 heterocycles. The van der Waals surface area contributed by atoms with Crippen LogP contribution in [-0.2, 0) is 14.3 Å². The summed E-state index contributed by atoms with van der Waals surface area (Å²) in [6.07, 6.45) is 3.22. The molecule has 0 bridgehead atoms. The van der Waals surface area contributed by atoms with Gasteiger partial charge in [-0.05, 0) is 29.8 Å². The summed E-state index contributed by atoms with van der Waals surface area (Å²) < 4.78 is 10.5. The van der Waals surface area contributed by atoms with E-state index in [0.29, 0.717) is 43.2 Å². The van der Waals surface area contributed by atoms with Gasteiger partial charge in [0, 0.05) is 44.1 Å². The molecule has 1 aromatic carbocycles. The number of ketones is 1. The molecule has 4 rings (SSSR count). The van der Waals surface area contributed by atoms with Gasteiger partial charge < -0.3 is 19.5 Å². The van der Waals surface area contributed by atoms with Crippen LogP contribution in [0.5, 0.6) is 5.75 Å². The molecule has 32 heavy (non-hydrogen) atoms. The monoisotopic (exact) mass is 457 g/mol. The van der Waals surface area contributed by atoms with Crippen LogP contribution in [0.4, 0.5) is 0 Å². The molecule has 2 aliphatic rings. The second-order valence-electron chi connectivity index (χ2n) is 7.58. The lowest BCUT2D eigenvalue weighted by molar-refractivity contribution is -0.140. The van der Waals surface area contributed by atoms with E-state index in [-0.39, 0.29) is 16.4 Å². The number of halogens is 1. The first-order chi connectivity index (χ1) is 15.5. The molecule has 0 saturated carbocycles. The first-order valence-corrected chi connectivity index (χ1v) is 10.7. The number of amides is 1. The molecule has 0 radical (unpaired) electrons. The summed E-state index contributed by atoms with van der Waals surface area (Å²) in [6, 6.07) is 7.50. The van der Waals surface area contributed by atoms with Crippen molar-refractivity contribution in [2.24, 2.45) is 0 Å². The van der Waals surface area contributed by atoms with Gasteiger partial charge in [-0.15, -0.1) is 0 Å². The van der Waals surface area contributed by atoms with E-state index >= 15 is 0 Å². The Bertz CT molecular complexity index is 1040. The van der Waals surface area contributed by atoms with Gasteiger partial charge in [-0.2, -0.15) is 0 Å². The predicted molar refractivity (Wildman–Crippen MR) is 119 cm³/mol. The number of carbonyl (C=O) groups is 2. The van der Waals surface area contributed by atoms with Gasteiger partial charge in [-0.3, -0.25) is 19.5 Å². The Morgan fingerprint density at radius 1 is 1.25 bits per heavy atom. The van der Waals surface area contributed by atoms with Crippen LogP contribution in [0.1, 0.15) is 17.2 Å². The van der Waals surface area contributed by atoms with Gasteiger partial charge in [0.2, 0.25) is 0 Å². The van der Waals surface area contributed by atoms with Crippen molar-refractivity contribution >= 4 is 29.1 Å². The molecule has 8 nitrogen and oxygen atoms in total. The third-order valence-corrected chi connectivity index (χ3v) is 6.02. The Kier molecular flexibility index (Phi) is 6.74. The number of aromatic nitrogens is 1. The smallest absolute Gasteiger partial charge is 0.295 e. The SMILES string of the molecule is COc1ccc(/C(O)=C2\C(=O)C(=O)N(CCN3CCOCC3)C2c2cccnc2)cc1Cl. The number of aliphatic hydroxyl groups excluding tert-OH is 1. The van der Waals surface area contributed by atoms with Crippen molar-refractivity contribution < 1.29 is 24.2 Å². The average Bonchev–Trinajstić information content (AvgIpc) is 3.08. The van der Waals surface area contributed by atoms with Gasteiger partial charge in [0.15, 0.2) is 0 Å². The molecule has 2 aromatic rings. The largest absolute Gasteiger partial charge is 0.507 e. The summed E-state index contributed by atoms with van der Waals surface area (Å²) in [6.45, 7) is 3.76. The molecule has 2 aliphatic heterocycles. The van der Waals surface area contributed by atoms with Crippen molar-refractivity contribution in [1.29, 1.82) is 0 Å². The molecule has 1 N–H and O–H groups in total. The zero-order valence-electron chi connectivity index (χ0n) is 17.7. The Hall–Kier alpha value is -2.94. The number of benzene rings is 1.